The summed E-state index contributed by atoms with van der Waals surface area (Å²) in [5.74, 6) is -0.327. The summed E-state index contributed by atoms with van der Waals surface area (Å²) in [6, 6.07) is 9.76. The van der Waals surface area contributed by atoms with Crippen molar-refractivity contribution in [3.05, 3.63) is 42.2 Å². The number of carbonyl (C=O) groups is 1. The van der Waals surface area contributed by atoms with Crippen molar-refractivity contribution in [3.8, 4) is 0 Å². The molecule has 22 heavy (non-hydrogen) atoms. The maximum absolute atomic E-state index is 13.0. The van der Waals surface area contributed by atoms with Crippen LogP contribution in [0, 0.1) is 0 Å². The van der Waals surface area contributed by atoms with Crippen LogP contribution >= 0.6 is 0 Å². The van der Waals surface area contributed by atoms with Gasteiger partial charge in [-0.05, 0) is 11.5 Å². The highest BCUT2D eigenvalue weighted by Gasteiger charge is 2.38. The summed E-state index contributed by atoms with van der Waals surface area (Å²) in [5.41, 5.74) is 0.818. The Bertz CT molecular complexity index is 822. The fourth-order valence-electron chi connectivity index (χ4n) is 2.66. The van der Waals surface area contributed by atoms with E-state index in [0.717, 1.165) is 16.5 Å². The molecule has 0 radical (unpaired) electrons. The number of nitrogens with zero attached hydrogens (tertiary/aromatic N) is 2. The van der Waals surface area contributed by atoms with Gasteiger partial charge in [-0.25, -0.2) is 0 Å². The van der Waals surface area contributed by atoms with Gasteiger partial charge in [-0.3, -0.25) is 9.78 Å². The highest BCUT2D eigenvalue weighted by atomic mass is 32.3. The molecular weight excluding hydrogens is 307 g/mol. The highest BCUT2D eigenvalue weighted by Crippen LogP contribution is 2.20. The number of amides is 1. The minimum absolute atomic E-state index is 0.0781. The van der Waals surface area contributed by atoms with E-state index in [4.69, 9.17) is 0 Å². The van der Waals surface area contributed by atoms with Crippen molar-refractivity contribution in [2.45, 2.75) is 18.1 Å². The Labute approximate surface area is 128 Å². The molecule has 1 atom stereocenters. The average molecular weight is 322 g/mol. The number of fused-ring (bicyclic) bond motifs is 1. The number of pyridine rings is 1. The van der Waals surface area contributed by atoms with E-state index in [9.17, 15) is 17.1 Å². The highest BCUT2D eigenvalue weighted by molar-refractivity contribution is 7.87. The number of hydrogen-bond donors (Lipinski definition) is 0. The summed E-state index contributed by atoms with van der Waals surface area (Å²) in [7, 11) is -4.66. The van der Waals surface area contributed by atoms with Crippen molar-refractivity contribution in [2.24, 2.45) is 0 Å². The molecule has 5 nitrogen and oxygen atoms in total. The Balaban J connectivity index is 1.68. The number of hydrogen-bond acceptors (Lipinski definition) is 4. The molecular formula is C15H15FN2O3S. The van der Waals surface area contributed by atoms with E-state index in [0.29, 0.717) is 13.0 Å². The second-order valence-corrected chi connectivity index (χ2v) is 7.03. The molecule has 1 unspecified atom stereocenters. The summed E-state index contributed by atoms with van der Waals surface area (Å²) >= 11 is 0. The first-order chi connectivity index (χ1) is 10.4. The zero-order valence-electron chi connectivity index (χ0n) is 11.8. The molecule has 1 aliphatic heterocycles. The van der Waals surface area contributed by atoms with Gasteiger partial charge < -0.3 is 4.90 Å². The number of halogens is 1. The number of benzene rings is 1. The third-order valence-corrected chi connectivity index (χ3v) is 5.01. The van der Waals surface area contributed by atoms with Crippen molar-refractivity contribution in [1.82, 2.24) is 9.88 Å². The van der Waals surface area contributed by atoms with Gasteiger partial charge in [0.2, 0.25) is 5.91 Å². The second-order valence-electron chi connectivity index (χ2n) is 5.41. The molecule has 1 aromatic heterocycles. The number of likely N-dealkylation sites (tertiary alicyclic amines) is 1. The van der Waals surface area contributed by atoms with Gasteiger partial charge >= 0.3 is 10.2 Å². The molecule has 1 aromatic carbocycles. The van der Waals surface area contributed by atoms with E-state index in [-0.39, 0.29) is 18.9 Å². The standard InChI is InChI=1S/C15H15FN2O3S/c16-22(20,21)14-8-15(19)18(10-14)6-5-13-7-11-3-1-2-4-12(11)9-17-13/h1-4,7,9,14H,5-6,8,10H2. The van der Waals surface area contributed by atoms with Crippen LogP contribution in [-0.4, -0.2) is 42.5 Å². The van der Waals surface area contributed by atoms with Crippen LogP contribution in [0.4, 0.5) is 3.89 Å². The number of carbonyl (C=O) groups excluding carboxylic acids is 1. The van der Waals surface area contributed by atoms with Gasteiger partial charge in [0, 0.05) is 43.2 Å². The Kier molecular flexibility index (Phi) is 3.82. The molecule has 116 valence electrons. The smallest absolute Gasteiger partial charge is 0.307 e. The van der Waals surface area contributed by atoms with E-state index in [1.165, 1.54) is 4.90 Å². The lowest BCUT2D eigenvalue weighted by molar-refractivity contribution is -0.127. The number of rotatable bonds is 4. The maximum atomic E-state index is 13.0. The Hall–Kier alpha value is -2.02. The summed E-state index contributed by atoms with van der Waals surface area (Å²) in [6.45, 7) is 0.265. The van der Waals surface area contributed by atoms with Gasteiger partial charge in [-0.1, -0.05) is 24.3 Å². The quantitative estimate of drug-likeness (QED) is 0.803. The first kappa shape index (κ1) is 14.9. The van der Waals surface area contributed by atoms with Gasteiger partial charge in [0.1, 0.15) is 5.25 Å². The van der Waals surface area contributed by atoms with Crippen LogP contribution in [0.15, 0.2) is 36.5 Å². The lowest BCUT2D eigenvalue weighted by atomic mass is 10.1. The summed E-state index contributed by atoms with van der Waals surface area (Å²) in [6.07, 6.45) is 2.00. The van der Waals surface area contributed by atoms with Crippen molar-refractivity contribution in [3.63, 3.8) is 0 Å². The van der Waals surface area contributed by atoms with Crippen LogP contribution in [-0.2, 0) is 21.4 Å². The third kappa shape index (κ3) is 3.09. The monoisotopic (exact) mass is 322 g/mol. The fourth-order valence-corrected chi connectivity index (χ4v) is 3.36. The van der Waals surface area contributed by atoms with Gasteiger partial charge in [0.15, 0.2) is 0 Å². The molecule has 2 heterocycles. The van der Waals surface area contributed by atoms with Gasteiger partial charge in [0.05, 0.1) is 0 Å². The Morgan fingerprint density at radius 3 is 2.68 bits per heavy atom. The predicted molar refractivity (Wildman–Crippen MR) is 80.5 cm³/mol. The first-order valence-electron chi connectivity index (χ1n) is 6.98. The lowest BCUT2D eigenvalue weighted by Crippen LogP contribution is -2.29. The first-order valence-corrected chi connectivity index (χ1v) is 8.43. The Morgan fingerprint density at radius 1 is 1.27 bits per heavy atom. The van der Waals surface area contributed by atoms with Crippen molar-refractivity contribution >= 4 is 26.9 Å². The van der Waals surface area contributed by atoms with Crippen LogP contribution in [0.5, 0.6) is 0 Å². The van der Waals surface area contributed by atoms with E-state index >= 15 is 0 Å². The predicted octanol–water partition coefficient (Wildman–Crippen LogP) is 1.68. The van der Waals surface area contributed by atoms with Crippen molar-refractivity contribution in [2.75, 3.05) is 13.1 Å². The Morgan fingerprint density at radius 2 is 2.00 bits per heavy atom. The molecule has 1 aliphatic rings. The molecule has 7 heteroatoms. The van der Waals surface area contributed by atoms with Crippen molar-refractivity contribution in [1.29, 1.82) is 0 Å². The normalized spacial score (nSPS) is 19.0. The van der Waals surface area contributed by atoms with E-state index in [1.807, 2.05) is 30.3 Å². The zero-order chi connectivity index (χ0) is 15.7. The summed E-state index contributed by atoms with van der Waals surface area (Å²) < 4.78 is 34.7. The molecule has 1 amide bonds. The SMILES string of the molecule is O=C1CC(S(=O)(=O)F)CN1CCc1cc2ccccc2cn1. The minimum Gasteiger partial charge on any atom is -0.341 e. The molecule has 2 aromatic rings. The fraction of sp³-hybridized carbons (Fsp3) is 0.333. The summed E-state index contributed by atoms with van der Waals surface area (Å²) in [4.78, 5) is 17.5. The van der Waals surface area contributed by atoms with E-state index in [2.05, 4.69) is 4.98 Å². The largest absolute Gasteiger partial charge is 0.341 e. The molecule has 0 aliphatic carbocycles. The van der Waals surface area contributed by atoms with Crippen LogP contribution in [0.3, 0.4) is 0 Å². The van der Waals surface area contributed by atoms with Gasteiger partial charge in [-0.2, -0.15) is 8.42 Å². The second kappa shape index (κ2) is 5.64. The van der Waals surface area contributed by atoms with E-state index in [1.54, 1.807) is 6.20 Å². The minimum atomic E-state index is -4.66. The molecule has 0 N–H and O–H groups in total. The molecule has 0 saturated carbocycles. The topological polar surface area (TPSA) is 67.3 Å². The van der Waals surface area contributed by atoms with Crippen LogP contribution in [0.2, 0.25) is 0 Å². The third-order valence-electron chi connectivity index (χ3n) is 3.90. The number of aromatic nitrogens is 1. The molecule has 0 spiro atoms. The lowest BCUT2D eigenvalue weighted by Gasteiger charge is -2.15. The van der Waals surface area contributed by atoms with Gasteiger partial charge in [0.25, 0.3) is 0 Å². The summed E-state index contributed by atoms with van der Waals surface area (Å²) in [5, 5.41) is 0.862. The van der Waals surface area contributed by atoms with Crippen LogP contribution in [0.25, 0.3) is 10.8 Å². The molecule has 3 rings (SSSR count). The average Bonchev–Trinajstić information content (AvgIpc) is 2.86. The van der Waals surface area contributed by atoms with Gasteiger partial charge in [-0.15, -0.1) is 3.89 Å². The molecule has 0 bridgehead atoms. The van der Waals surface area contributed by atoms with E-state index < -0.39 is 15.5 Å². The van der Waals surface area contributed by atoms with Crippen LogP contribution < -0.4 is 0 Å². The molecule has 1 saturated heterocycles. The maximum Gasteiger partial charge on any atom is 0.307 e. The molecule has 1 fully saturated rings. The van der Waals surface area contributed by atoms with Crippen LogP contribution in [0.1, 0.15) is 12.1 Å². The van der Waals surface area contributed by atoms with Crippen molar-refractivity contribution < 1.29 is 17.1 Å². The zero-order valence-corrected chi connectivity index (χ0v) is 12.6.